The van der Waals surface area contributed by atoms with Crippen LogP contribution < -0.4 is 5.32 Å². The van der Waals surface area contributed by atoms with E-state index >= 15 is 0 Å². The lowest BCUT2D eigenvalue weighted by Gasteiger charge is -2.32. The molecule has 0 bridgehead atoms. The molecule has 0 heterocycles. The molecule has 0 spiro atoms. The summed E-state index contributed by atoms with van der Waals surface area (Å²) in [7, 11) is 2.04. The van der Waals surface area contributed by atoms with Gasteiger partial charge in [-0.25, -0.2) is 0 Å². The fourth-order valence-corrected chi connectivity index (χ4v) is 3.61. The van der Waals surface area contributed by atoms with Gasteiger partial charge in [-0.15, -0.1) is 0 Å². The van der Waals surface area contributed by atoms with Gasteiger partial charge in [-0.05, 0) is 73.7 Å². The van der Waals surface area contributed by atoms with Gasteiger partial charge in [0.25, 0.3) is 0 Å². The lowest BCUT2D eigenvalue weighted by Crippen LogP contribution is -2.18. The van der Waals surface area contributed by atoms with Gasteiger partial charge in [-0.2, -0.15) is 0 Å². The zero-order valence-corrected chi connectivity index (χ0v) is 10.2. The molecule has 0 aromatic heterocycles. The quantitative estimate of drug-likeness (QED) is 0.799. The minimum absolute atomic E-state index is 0.899. The second-order valence-electron chi connectivity index (χ2n) is 5.34. The molecule has 1 nitrogen and oxygen atoms in total. The number of hydrogen-bond donors (Lipinski definition) is 1. The zero-order chi connectivity index (χ0) is 11.0. The van der Waals surface area contributed by atoms with Crippen molar-refractivity contribution in [2.75, 3.05) is 7.05 Å². The zero-order valence-electron chi connectivity index (χ0n) is 10.2. The van der Waals surface area contributed by atoms with Gasteiger partial charge in [-0.1, -0.05) is 12.1 Å². The highest BCUT2D eigenvalue weighted by Gasteiger charge is 2.26. The van der Waals surface area contributed by atoms with E-state index in [1.54, 1.807) is 16.7 Å². The Hall–Kier alpha value is -0.820. The van der Waals surface area contributed by atoms with Crippen LogP contribution in [0.25, 0.3) is 0 Å². The molecule has 0 unspecified atom stereocenters. The van der Waals surface area contributed by atoms with Crippen molar-refractivity contribution in [3.63, 3.8) is 0 Å². The lowest BCUT2D eigenvalue weighted by atomic mass is 9.73. The third-order valence-corrected chi connectivity index (χ3v) is 4.20. The molecule has 0 fully saturated rings. The Bertz CT molecular complexity index is 363. The van der Waals surface area contributed by atoms with E-state index in [0.29, 0.717) is 0 Å². The Kier molecular flexibility index (Phi) is 2.72. The van der Waals surface area contributed by atoms with Crippen LogP contribution in [0.1, 0.15) is 53.9 Å². The molecule has 0 aliphatic heterocycles. The summed E-state index contributed by atoms with van der Waals surface area (Å²) in [6.07, 6.45) is 8.31. The molecule has 16 heavy (non-hydrogen) atoms. The maximum atomic E-state index is 3.27. The summed E-state index contributed by atoms with van der Waals surface area (Å²) >= 11 is 0. The van der Waals surface area contributed by atoms with Crippen LogP contribution in [0.5, 0.6) is 0 Å². The van der Waals surface area contributed by atoms with Crippen molar-refractivity contribution >= 4 is 0 Å². The second-order valence-corrected chi connectivity index (χ2v) is 5.34. The molecular formula is C15H21N. The molecule has 86 valence electrons. The molecule has 2 aliphatic rings. The maximum absolute atomic E-state index is 3.27. The number of nitrogens with one attached hydrogen (secondary N) is 1. The maximum Gasteiger partial charge on any atom is 0.0202 e. The lowest BCUT2D eigenvalue weighted by molar-refractivity contribution is 0.476. The van der Waals surface area contributed by atoms with Gasteiger partial charge in [-0.3, -0.25) is 0 Å². The van der Waals surface area contributed by atoms with E-state index < -0.39 is 0 Å². The molecule has 1 aromatic rings. The third-order valence-electron chi connectivity index (χ3n) is 4.20. The summed E-state index contributed by atoms with van der Waals surface area (Å²) in [5.41, 5.74) is 6.56. The number of hydrogen-bond acceptors (Lipinski definition) is 1. The first-order chi connectivity index (χ1) is 7.88. The standard InChI is InChI=1S/C15H21N/c1-16-10-11-8-13-6-2-4-12-5-3-7-14(9-11)15(12)13/h8-9,12,16H,2-7,10H2,1H3. The van der Waals surface area contributed by atoms with Gasteiger partial charge >= 0.3 is 0 Å². The predicted octanol–water partition coefficient (Wildman–Crippen LogP) is 3.16. The first-order valence-corrected chi connectivity index (χ1v) is 6.67. The van der Waals surface area contributed by atoms with E-state index in [4.69, 9.17) is 0 Å². The van der Waals surface area contributed by atoms with Crippen LogP contribution in [0, 0.1) is 0 Å². The van der Waals surface area contributed by atoms with E-state index in [9.17, 15) is 0 Å². The molecule has 2 aliphatic carbocycles. The summed E-state index contributed by atoms with van der Waals surface area (Å²) in [4.78, 5) is 0. The van der Waals surface area contributed by atoms with Crippen molar-refractivity contribution in [3.05, 3.63) is 34.4 Å². The molecule has 1 aromatic carbocycles. The number of benzene rings is 1. The minimum atomic E-state index is 0.899. The fraction of sp³-hybridized carbons (Fsp3) is 0.600. The molecule has 1 N–H and O–H groups in total. The van der Waals surface area contributed by atoms with Gasteiger partial charge in [0.2, 0.25) is 0 Å². The average molecular weight is 215 g/mol. The normalized spacial score (nSPS) is 19.6. The van der Waals surface area contributed by atoms with Crippen LogP contribution in [0.3, 0.4) is 0 Å². The van der Waals surface area contributed by atoms with Crippen molar-refractivity contribution < 1.29 is 0 Å². The Morgan fingerprint density at radius 2 is 1.75 bits per heavy atom. The summed E-state index contributed by atoms with van der Waals surface area (Å²) < 4.78 is 0. The summed E-state index contributed by atoms with van der Waals surface area (Å²) in [6.45, 7) is 1.02. The van der Waals surface area contributed by atoms with Crippen LogP contribution >= 0.6 is 0 Å². The largest absolute Gasteiger partial charge is 0.316 e. The van der Waals surface area contributed by atoms with Crippen LogP contribution in [-0.4, -0.2) is 7.05 Å². The highest BCUT2D eigenvalue weighted by Crippen LogP contribution is 2.41. The molecular weight excluding hydrogens is 194 g/mol. The molecule has 0 atom stereocenters. The van der Waals surface area contributed by atoms with Crippen molar-refractivity contribution in [2.24, 2.45) is 0 Å². The van der Waals surface area contributed by atoms with Gasteiger partial charge < -0.3 is 5.32 Å². The van der Waals surface area contributed by atoms with Crippen LogP contribution in [0.15, 0.2) is 12.1 Å². The summed E-state index contributed by atoms with van der Waals surface area (Å²) in [6, 6.07) is 4.90. The molecule has 3 rings (SSSR count). The van der Waals surface area contributed by atoms with E-state index in [-0.39, 0.29) is 0 Å². The van der Waals surface area contributed by atoms with Crippen LogP contribution in [0.4, 0.5) is 0 Å². The number of aryl methyl sites for hydroxylation is 2. The Labute approximate surface area is 98.3 Å². The first kappa shape index (κ1) is 10.3. The predicted molar refractivity (Wildman–Crippen MR) is 67.8 cm³/mol. The molecule has 0 radical (unpaired) electrons. The summed E-state index contributed by atoms with van der Waals surface area (Å²) in [5, 5.41) is 3.27. The summed E-state index contributed by atoms with van der Waals surface area (Å²) in [5.74, 6) is 0.899. The molecule has 0 saturated heterocycles. The van der Waals surface area contributed by atoms with Gasteiger partial charge in [0.05, 0.1) is 0 Å². The minimum Gasteiger partial charge on any atom is -0.316 e. The first-order valence-electron chi connectivity index (χ1n) is 6.67. The smallest absolute Gasteiger partial charge is 0.0202 e. The molecule has 0 amide bonds. The van der Waals surface area contributed by atoms with Gasteiger partial charge in [0, 0.05) is 6.54 Å². The average Bonchev–Trinajstić information content (AvgIpc) is 2.30. The van der Waals surface area contributed by atoms with Crippen LogP contribution in [0.2, 0.25) is 0 Å². The van der Waals surface area contributed by atoms with E-state index in [1.165, 1.54) is 44.1 Å². The van der Waals surface area contributed by atoms with Crippen molar-refractivity contribution in [1.82, 2.24) is 5.32 Å². The fourth-order valence-electron chi connectivity index (χ4n) is 3.61. The Morgan fingerprint density at radius 1 is 1.12 bits per heavy atom. The highest BCUT2D eigenvalue weighted by atomic mass is 14.8. The van der Waals surface area contributed by atoms with Gasteiger partial charge in [0.15, 0.2) is 0 Å². The van der Waals surface area contributed by atoms with Crippen LogP contribution in [-0.2, 0) is 19.4 Å². The third kappa shape index (κ3) is 1.67. The SMILES string of the molecule is CNCc1cc2c3c(c1)CCCC3CCC2. The highest BCUT2D eigenvalue weighted by molar-refractivity contribution is 5.44. The van der Waals surface area contributed by atoms with E-state index in [2.05, 4.69) is 17.4 Å². The molecule has 1 heteroatoms. The monoisotopic (exact) mass is 215 g/mol. The Morgan fingerprint density at radius 3 is 2.31 bits per heavy atom. The van der Waals surface area contributed by atoms with E-state index in [1.807, 2.05) is 7.05 Å². The van der Waals surface area contributed by atoms with E-state index in [0.717, 1.165) is 12.5 Å². The Balaban J connectivity index is 2.06. The van der Waals surface area contributed by atoms with Crippen molar-refractivity contribution in [3.8, 4) is 0 Å². The molecule has 0 saturated carbocycles. The topological polar surface area (TPSA) is 12.0 Å². The van der Waals surface area contributed by atoms with Crippen molar-refractivity contribution in [1.29, 1.82) is 0 Å². The number of rotatable bonds is 2. The second kappa shape index (κ2) is 4.21. The van der Waals surface area contributed by atoms with Gasteiger partial charge in [0.1, 0.15) is 0 Å². The van der Waals surface area contributed by atoms with Crippen molar-refractivity contribution in [2.45, 2.75) is 51.0 Å².